The Balaban J connectivity index is 3.45. The minimum atomic E-state index is -0.696. The van der Waals surface area contributed by atoms with Gasteiger partial charge in [0.25, 0.3) is 0 Å². The van der Waals surface area contributed by atoms with Crippen molar-refractivity contribution in [2.45, 2.75) is 58.3 Å². The highest BCUT2D eigenvalue weighted by Gasteiger charge is 1.95. The second-order valence-corrected chi connectivity index (χ2v) is 4.14. The SMILES string of the molecule is CCC#CC#CC=C=CCCCCCCCC(=O)O. The van der Waals surface area contributed by atoms with Crippen molar-refractivity contribution in [3.63, 3.8) is 0 Å². The Morgan fingerprint density at radius 3 is 2.58 bits per heavy atom. The van der Waals surface area contributed by atoms with Crippen LogP contribution >= 0.6 is 0 Å². The molecule has 0 amide bonds. The fraction of sp³-hybridized carbons (Fsp3) is 0.529. The summed E-state index contributed by atoms with van der Waals surface area (Å²) >= 11 is 0. The van der Waals surface area contributed by atoms with Crippen molar-refractivity contribution in [2.24, 2.45) is 0 Å². The molecule has 0 aliphatic carbocycles. The molecular formula is C17H22O2. The third-order valence-electron chi connectivity index (χ3n) is 2.41. The van der Waals surface area contributed by atoms with Crippen molar-refractivity contribution >= 4 is 5.97 Å². The maximum absolute atomic E-state index is 10.3. The van der Waals surface area contributed by atoms with Crippen LogP contribution in [0, 0.1) is 23.7 Å². The quantitative estimate of drug-likeness (QED) is 0.407. The van der Waals surface area contributed by atoms with E-state index in [0.717, 1.165) is 44.9 Å². The lowest BCUT2D eigenvalue weighted by Crippen LogP contribution is -1.93. The van der Waals surface area contributed by atoms with Gasteiger partial charge in [0.15, 0.2) is 0 Å². The van der Waals surface area contributed by atoms with Gasteiger partial charge in [-0.15, -0.1) is 5.73 Å². The van der Waals surface area contributed by atoms with Gasteiger partial charge in [-0.05, 0) is 37.2 Å². The van der Waals surface area contributed by atoms with Gasteiger partial charge in [0, 0.05) is 18.9 Å². The second kappa shape index (κ2) is 14.2. The smallest absolute Gasteiger partial charge is 0.303 e. The van der Waals surface area contributed by atoms with Crippen LogP contribution in [-0.4, -0.2) is 11.1 Å². The lowest BCUT2D eigenvalue weighted by Gasteiger charge is -1.97. The van der Waals surface area contributed by atoms with E-state index in [1.54, 1.807) is 6.08 Å². The van der Waals surface area contributed by atoms with Gasteiger partial charge in [-0.3, -0.25) is 4.79 Å². The Bertz CT molecular complexity index is 418. The van der Waals surface area contributed by atoms with Gasteiger partial charge >= 0.3 is 5.97 Å². The molecule has 0 rings (SSSR count). The summed E-state index contributed by atoms with van der Waals surface area (Å²) in [5, 5.41) is 8.47. The number of unbranched alkanes of at least 4 members (excludes halogenated alkanes) is 5. The van der Waals surface area contributed by atoms with E-state index in [-0.39, 0.29) is 0 Å². The molecule has 0 aliphatic rings. The van der Waals surface area contributed by atoms with E-state index >= 15 is 0 Å². The Kier molecular flexibility index (Phi) is 12.8. The first-order chi connectivity index (χ1) is 9.27. The van der Waals surface area contributed by atoms with Crippen molar-refractivity contribution in [1.82, 2.24) is 0 Å². The molecule has 102 valence electrons. The summed E-state index contributed by atoms with van der Waals surface area (Å²) in [5.74, 6) is 10.4. The highest BCUT2D eigenvalue weighted by molar-refractivity contribution is 5.66. The summed E-state index contributed by atoms with van der Waals surface area (Å²) in [6, 6.07) is 0. The molecule has 0 radical (unpaired) electrons. The minimum absolute atomic E-state index is 0.294. The Labute approximate surface area is 116 Å². The molecule has 0 unspecified atom stereocenters. The van der Waals surface area contributed by atoms with Gasteiger partial charge in [-0.25, -0.2) is 0 Å². The zero-order chi connectivity index (χ0) is 14.2. The molecule has 0 atom stereocenters. The van der Waals surface area contributed by atoms with Crippen molar-refractivity contribution in [2.75, 3.05) is 0 Å². The number of carbonyl (C=O) groups is 1. The standard InChI is InChI=1S/C17H22O2/c1-2-3-4-5-6-7-8-9-10-11-12-13-14-15-16-17(18)19/h7,9H,2,10-16H2,1H3,(H,18,19). The van der Waals surface area contributed by atoms with Gasteiger partial charge in [0.05, 0.1) is 0 Å². The molecule has 0 heterocycles. The first-order valence-corrected chi connectivity index (χ1v) is 6.87. The van der Waals surface area contributed by atoms with Gasteiger partial charge in [-0.2, -0.15) is 0 Å². The molecule has 0 aromatic heterocycles. The Morgan fingerprint density at radius 2 is 1.84 bits per heavy atom. The van der Waals surface area contributed by atoms with Crippen molar-refractivity contribution in [3.8, 4) is 23.7 Å². The lowest BCUT2D eigenvalue weighted by atomic mass is 10.1. The number of allylic oxidation sites excluding steroid dienone is 1. The molecule has 0 aromatic carbocycles. The minimum Gasteiger partial charge on any atom is -0.481 e. The first kappa shape index (κ1) is 17.1. The molecule has 0 saturated heterocycles. The largest absolute Gasteiger partial charge is 0.481 e. The van der Waals surface area contributed by atoms with E-state index in [9.17, 15) is 4.79 Å². The number of hydrogen-bond acceptors (Lipinski definition) is 1. The van der Waals surface area contributed by atoms with E-state index in [1.807, 2.05) is 13.0 Å². The fourth-order valence-corrected chi connectivity index (χ4v) is 1.44. The number of hydrogen-bond donors (Lipinski definition) is 1. The zero-order valence-electron chi connectivity index (χ0n) is 11.7. The molecule has 0 bridgehead atoms. The predicted molar refractivity (Wildman–Crippen MR) is 78.5 cm³/mol. The zero-order valence-corrected chi connectivity index (χ0v) is 11.7. The van der Waals surface area contributed by atoms with Crippen LogP contribution in [0.4, 0.5) is 0 Å². The van der Waals surface area contributed by atoms with E-state index in [0.29, 0.717) is 6.42 Å². The van der Waals surface area contributed by atoms with E-state index < -0.39 is 5.97 Å². The van der Waals surface area contributed by atoms with Crippen LogP contribution in [0.5, 0.6) is 0 Å². The van der Waals surface area contributed by atoms with Gasteiger partial charge in [0.2, 0.25) is 0 Å². The normalized spacial score (nSPS) is 8.26. The molecule has 0 fully saturated rings. The first-order valence-electron chi connectivity index (χ1n) is 6.87. The Hall–Kier alpha value is -1.89. The summed E-state index contributed by atoms with van der Waals surface area (Å²) in [5.41, 5.74) is 3.01. The molecular weight excluding hydrogens is 236 g/mol. The molecule has 0 saturated carbocycles. The average molecular weight is 258 g/mol. The highest BCUT2D eigenvalue weighted by Crippen LogP contribution is 2.07. The summed E-state index contributed by atoms with van der Waals surface area (Å²) < 4.78 is 0. The summed E-state index contributed by atoms with van der Waals surface area (Å²) in [6.07, 6.45) is 11.0. The third kappa shape index (κ3) is 16.1. The number of carboxylic acid groups (broad SMARTS) is 1. The third-order valence-corrected chi connectivity index (χ3v) is 2.41. The van der Waals surface area contributed by atoms with Crippen molar-refractivity contribution < 1.29 is 9.90 Å². The molecule has 2 nitrogen and oxygen atoms in total. The van der Waals surface area contributed by atoms with Gasteiger partial charge in [-0.1, -0.05) is 38.0 Å². The molecule has 0 aliphatic heterocycles. The number of carboxylic acids is 1. The van der Waals surface area contributed by atoms with Crippen molar-refractivity contribution in [3.05, 3.63) is 17.9 Å². The lowest BCUT2D eigenvalue weighted by molar-refractivity contribution is -0.137. The monoisotopic (exact) mass is 258 g/mol. The van der Waals surface area contributed by atoms with Crippen LogP contribution in [-0.2, 0) is 4.79 Å². The highest BCUT2D eigenvalue weighted by atomic mass is 16.4. The van der Waals surface area contributed by atoms with Crippen LogP contribution in [0.25, 0.3) is 0 Å². The predicted octanol–water partition coefficient (Wildman–Crippen LogP) is 3.93. The second-order valence-electron chi connectivity index (χ2n) is 4.14. The van der Waals surface area contributed by atoms with Crippen LogP contribution in [0.2, 0.25) is 0 Å². The molecule has 2 heteroatoms. The molecule has 0 spiro atoms. The number of aliphatic carboxylic acids is 1. The summed E-state index contributed by atoms with van der Waals surface area (Å²) in [4.78, 5) is 10.3. The topological polar surface area (TPSA) is 37.3 Å². The molecule has 1 N–H and O–H groups in total. The molecule has 19 heavy (non-hydrogen) atoms. The van der Waals surface area contributed by atoms with E-state index in [2.05, 4.69) is 29.4 Å². The Morgan fingerprint density at radius 1 is 1.11 bits per heavy atom. The van der Waals surface area contributed by atoms with Crippen LogP contribution < -0.4 is 0 Å². The van der Waals surface area contributed by atoms with Gasteiger partial charge in [0.1, 0.15) is 0 Å². The molecule has 0 aromatic rings. The average Bonchev–Trinajstić information content (AvgIpc) is 2.39. The maximum atomic E-state index is 10.3. The van der Waals surface area contributed by atoms with Crippen LogP contribution in [0.1, 0.15) is 58.3 Å². The van der Waals surface area contributed by atoms with Crippen molar-refractivity contribution in [1.29, 1.82) is 0 Å². The fourth-order valence-electron chi connectivity index (χ4n) is 1.44. The van der Waals surface area contributed by atoms with E-state index in [1.165, 1.54) is 0 Å². The maximum Gasteiger partial charge on any atom is 0.303 e. The summed E-state index contributed by atoms with van der Waals surface area (Å²) in [7, 11) is 0. The van der Waals surface area contributed by atoms with E-state index in [4.69, 9.17) is 5.11 Å². The number of rotatable bonds is 8. The summed E-state index contributed by atoms with van der Waals surface area (Å²) in [6.45, 7) is 1.99. The van der Waals surface area contributed by atoms with Crippen LogP contribution in [0.3, 0.4) is 0 Å². The van der Waals surface area contributed by atoms with Crippen LogP contribution in [0.15, 0.2) is 17.9 Å². The van der Waals surface area contributed by atoms with Gasteiger partial charge < -0.3 is 5.11 Å².